The van der Waals surface area contributed by atoms with Crippen molar-refractivity contribution in [2.45, 2.75) is 62.8 Å². The molecule has 3 saturated heterocycles. The average Bonchev–Trinajstić information content (AvgIpc) is 3.40. The predicted octanol–water partition coefficient (Wildman–Crippen LogP) is 1.63. The number of carbonyl (C=O) groups excluding carboxylic acids is 3. The molecule has 4 fully saturated rings. The monoisotopic (exact) mass is 535 g/mol. The second-order valence-electron chi connectivity index (χ2n) is 10.8. The lowest BCUT2D eigenvalue weighted by Crippen LogP contribution is -2.55. The molecule has 1 unspecified atom stereocenters. The van der Waals surface area contributed by atoms with Gasteiger partial charge in [0.25, 0.3) is 0 Å². The van der Waals surface area contributed by atoms with E-state index in [2.05, 4.69) is 37.6 Å². The van der Waals surface area contributed by atoms with E-state index < -0.39 is 24.0 Å². The summed E-state index contributed by atoms with van der Waals surface area (Å²) in [7, 11) is 0. The lowest BCUT2D eigenvalue weighted by molar-refractivity contribution is -0.141. The van der Waals surface area contributed by atoms with E-state index in [0.717, 1.165) is 31.5 Å². The highest BCUT2D eigenvalue weighted by molar-refractivity contribution is 5.92. The fourth-order valence-corrected chi connectivity index (χ4v) is 6.23. The van der Waals surface area contributed by atoms with Gasteiger partial charge in [0.2, 0.25) is 23.7 Å². The third-order valence-electron chi connectivity index (χ3n) is 8.25. The van der Waals surface area contributed by atoms with E-state index >= 15 is 0 Å². The Labute approximate surface area is 218 Å². The summed E-state index contributed by atoms with van der Waals surface area (Å²) in [5, 5.41) is 8.78. The highest BCUT2D eigenvalue weighted by Crippen LogP contribution is 2.50. The fourth-order valence-electron chi connectivity index (χ4n) is 6.23. The first-order chi connectivity index (χ1) is 18.2. The van der Waals surface area contributed by atoms with Gasteiger partial charge in [-0.1, -0.05) is 12.8 Å². The number of amides is 3. The summed E-state index contributed by atoms with van der Waals surface area (Å²) in [5.74, 6) is -0.873. The summed E-state index contributed by atoms with van der Waals surface area (Å²) < 4.78 is 39.6. The number of hydrogen-bond acceptors (Lipinski definition) is 7. The number of hydrogen-bond donors (Lipinski definition) is 3. The summed E-state index contributed by atoms with van der Waals surface area (Å²) >= 11 is 0. The number of anilines is 1. The van der Waals surface area contributed by atoms with Gasteiger partial charge in [-0.15, -0.1) is 0 Å². The summed E-state index contributed by atoms with van der Waals surface area (Å²) in [6.07, 6.45) is 0.0628. The van der Waals surface area contributed by atoms with Gasteiger partial charge >= 0.3 is 6.18 Å². The van der Waals surface area contributed by atoms with Crippen LogP contribution >= 0.6 is 0 Å². The van der Waals surface area contributed by atoms with Crippen LogP contribution in [0.3, 0.4) is 0 Å². The van der Waals surface area contributed by atoms with Gasteiger partial charge in [0.15, 0.2) is 0 Å². The topological polar surface area (TPSA) is 129 Å². The number of fused-ring (bicyclic) bond motifs is 4. The number of alkyl halides is 3. The van der Waals surface area contributed by atoms with E-state index in [1.807, 2.05) is 0 Å². The van der Waals surface area contributed by atoms with Crippen LogP contribution in [0.15, 0.2) is 17.3 Å². The minimum Gasteiger partial charge on any atom is -0.356 e. The SMILES string of the molecule is C=NC[C@@H]1CC2C(=O)NC[C@@H]2CCCC[C@H](Nc2nccc(C(F)(F)F)n2)C(=O)N2C[C@@H]3C[C@@H]3[C@H]2C(=O)N1. The zero-order valence-electron chi connectivity index (χ0n) is 20.9. The van der Waals surface area contributed by atoms with Crippen molar-refractivity contribution in [3.05, 3.63) is 18.0 Å². The van der Waals surface area contributed by atoms with Crippen LogP contribution in [0.4, 0.5) is 19.1 Å². The van der Waals surface area contributed by atoms with E-state index in [4.69, 9.17) is 0 Å². The quantitative estimate of drug-likeness (QED) is 0.503. The zero-order chi connectivity index (χ0) is 27.0. The van der Waals surface area contributed by atoms with Gasteiger partial charge in [-0.25, -0.2) is 9.97 Å². The largest absolute Gasteiger partial charge is 0.433 e. The first kappa shape index (κ1) is 26.4. The molecule has 3 amide bonds. The molecule has 1 saturated carbocycles. The fraction of sp³-hybridized carbons (Fsp3) is 0.680. The van der Waals surface area contributed by atoms with Gasteiger partial charge in [-0.2, -0.15) is 13.2 Å². The molecule has 3 N–H and O–H groups in total. The number of carbonyl (C=O) groups is 3. The molecule has 0 spiro atoms. The number of halogens is 3. The molecule has 206 valence electrons. The molecule has 1 aliphatic carbocycles. The van der Waals surface area contributed by atoms with Crippen LogP contribution in [0.5, 0.6) is 0 Å². The van der Waals surface area contributed by atoms with Crippen molar-refractivity contribution in [1.29, 1.82) is 0 Å². The number of aliphatic imine (C=N–C) groups is 1. The third kappa shape index (κ3) is 5.46. The van der Waals surface area contributed by atoms with Crippen LogP contribution < -0.4 is 16.0 Å². The van der Waals surface area contributed by atoms with Crippen LogP contribution in [0, 0.1) is 23.7 Å². The lowest BCUT2D eigenvalue weighted by Gasteiger charge is -2.32. The molecule has 0 radical (unpaired) electrons. The molecule has 7 atom stereocenters. The standard InChI is InChI=1S/C25H32F3N7O3/c1-29-11-15-9-17-13(10-31-21(17)36)4-2-3-5-18(33-24-30-7-6-19(34-24)25(26,27)28)23(38)35-12-14-8-16(14)20(35)22(37)32-15/h6-7,13-18,20H,1-5,8-12H2,(H,31,36)(H,32,37)(H,30,33,34)/t13-,14-,15-,16-,17?,18-,20-/m0/s1. The van der Waals surface area contributed by atoms with Crippen molar-refractivity contribution in [3.8, 4) is 0 Å². The molecule has 3 aliphatic heterocycles. The Kier molecular flexibility index (Phi) is 7.28. The zero-order valence-corrected chi connectivity index (χ0v) is 20.9. The first-order valence-corrected chi connectivity index (χ1v) is 13.1. The maximum absolute atomic E-state index is 13.7. The smallest absolute Gasteiger partial charge is 0.356 e. The summed E-state index contributed by atoms with van der Waals surface area (Å²) in [5.41, 5.74) is -1.10. The minimum absolute atomic E-state index is 0.0356. The molecule has 0 bridgehead atoms. The predicted molar refractivity (Wildman–Crippen MR) is 131 cm³/mol. The lowest BCUT2D eigenvalue weighted by atomic mass is 9.85. The van der Waals surface area contributed by atoms with E-state index in [-0.39, 0.29) is 59.9 Å². The molecule has 13 heteroatoms. The Hall–Kier alpha value is -3.25. The van der Waals surface area contributed by atoms with Gasteiger partial charge in [0, 0.05) is 31.2 Å². The highest BCUT2D eigenvalue weighted by Gasteiger charge is 2.57. The van der Waals surface area contributed by atoms with Crippen LogP contribution in [0.25, 0.3) is 0 Å². The van der Waals surface area contributed by atoms with Crippen molar-refractivity contribution >= 4 is 30.4 Å². The van der Waals surface area contributed by atoms with Gasteiger partial charge in [-0.05, 0) is 56.2 Å². The number of aromatic nitrogens is 2. The Morgan fingerprint density at radius 1 is 1.13 bits per heavy atom. The Bertz CT molecular complexity index is 1100. The minimum atomic E-state index is -4.65. The maximum atomic E-state index is 13.7. The summed E-state index contributed by atoms with van der Waals surface area (Å²) in [6.45, 7) is 4.78. The van der Waals surface area contributed by atoms with Gasteiger partial charge < -0.3 is 20.9 Å². The number of rotatable bonds is 4. The molecule has 1 aromatic rings. The van der Waals surface area contributed by atoms with Crippen molar-refractivity contribution in [1.82, 2.24) is 25.5 Å². The number of piperidine rings is 1. The number of nitrogens with one attached hydrogen (secondary N) is 3. The van der Waals surface area contributed by atoms with Crippen molar-refractivity contribution in [3.63, 3.8) is 0 Å². The molecule has 10 nitrogen and oxygen atoms in total. The second kappa shape index (κ2) is 10.5. The average molecular weight is 536 g/mol. The van der Waals surface area contributed by atoms with Crippen LogP contribution in [0.1, 0.15) is 44.2 Å². The summed E-state index contributed by atoms with van der Waals surface area (Å²) in [4.78, 5) is 52.8. The third-order valence-corrected chi connectivity index (χ3v) is 8.25. The van der Waals surface area contributed by atoms with E-state index in [0.29, 0.717) is 32.4 Å². The van der Waals surface area contributed by atoms with Crippen molar-refractivity contribution < 1.29 is 27.6 Å². The van der Waals surface area contributed by atoms with Gasteiger partial charge in [0.1, 0.15) is 17.8 Å². The molecular weight excluding hydrogens is 503 g/mol. The second-order valence-corrected chi connectivity index (χ2v) is 10.8. The van der Waals surface area contributed by atoms with Crippen LogP contribution in [-0.4, -0.2) is 77.1 Å². The van der Waals surface area contributed by atoms with E-state index in [1.165, 1.54) is 0 Å². The van der Waals surface area contributed by atoms with E-state index in [9.17, 15) is 27.6 Å². The van der Waals surface area contributed by atoms with Crippen LogP contribution in [-0.2, 0) is 20.6 Å². The molecule has 1 aromatic heterocycles. The molecule has 5 rings (SSSR count). The van der Waals surface area contributed by atoms with Gasteiger partial charge in [-0.3, -0.25) is 19.4 Å². The van der Waals surface area contributed by atoms with E-state index in [1.54, 1.807) is 4.90 Å². The first-order valence-electron chi connectivity index (χ1n) is 13.1. The Balaban J connectivity index is 1.41. The maximum Gasteiger partial charge on any atom is 0.433 e. The molecular formula is C25H32F3N7O3. The Morgan fingerprint density at radius 2 is 1.92 bits per heavy atom. The molecule has 4 aliphatic rings. The molecule has 38 heavy (non-hydrogen) atoms. The summed E-state index contributed by atoms with van der Waals surface area (Å²) in [6, 6.07) is -1.18. The van der Waals surface area contributed by atoms with Gasteiger partial charge in [0.05, 0.1) is 6.54 Å². The molecule has 0 aromatic carbocycles. The van der Waals surface area contributed by atoms with Crippen LogP contribution in [0.2, 0.25) is 0 Å². The normalized spacial score (nSPS) is 33.8. The van der Waals surface area contributed by atoms with Crippen molar-refractivity contribution in [2.75, 3.05) is 25.0 Å². The Morgan fingerprint density at radius 3 is 2.68 bits per heavy atom. The number of nitrogens with zero attached hydrogens (tertiary/aromatic N) is 4. The molecule has 4 heterocycles. The highest BCUT2D eigenvalue weighted by atomic mass is 19.4. The van der Waals surface area contributed by atoms with Crippen molar-refractivity contribution in [2.24, 2.45) is 28.7 Å².